The Morgan fingerprint density at radius 3 is 2.85 bits per heavy atom. The van der Waals surface area contributed by atoms with E-state index in [0.717, 1.165) is 26.7 Å². The molecule has 4 aromatic rings. The van der Waals surface area contributed by atoms with E-state index in [1.54, 1.807) is 22.0 Å². The van der Waals surface area contributed by atoms with Crippen molar-refractivity contribution in [2.75, 3.05) is 0 Å². The Morgan fingerprint density at radius 1 is 1.23 bits per heavy atom. The highest BCUT2D eigenvalue weighted by molar-refractivity contribution is 7.18. The lowest BCUT2D eigenvalue weighted by atomic mass is 10.1. The summed E-state index contributed by atoms with van der Waals surface area (Å²) in [6.45, 7) is 2.42. The molecule has 1 aromatic carbocycles. The molecule has 0 aliphatic heterocycles. The third-order valence-electron chi connectivity index (χ3n) is 4.27. The quantitative estimate of drug-likeness (QED) is 0.519. The van der Waals surface area contributed by atoms with Crippen molar-refractivity contribution in [3.63, 3.8) is 0 Å². The van der Waals surface area contributed by atoms with Gasteiger partial charge in [-0.05, 0) is 29.1 Å². The Kier molecular flexibility index (Phi) is 4.41. The number of aromatic nitrogens is 2. The van der Waals surface area contributed by atoms with Crippen LogP contribution in [0.3, 0.4) is 0 Å². The van der Waals surface area contributed by atoms with Crippen LogP contribution in [0, 0.1) is 11.3 Å². The molecule has 0 atom stereocenters. The minimum absolute atomic E-state index is 0.0149. The molecule has 0 saturated heterocycles. The van der Waals surface area contributed by atoms with Gasteiger partial charge in [0.2, 0.25) is 0 Å². The number of rotatable bonds is 4. The van der Waals surface area contributed by atoms with Gasteiger partial charge in [0.25, 0.3) is 5.56 Å². The number of hydrogen-bond donors (Lipinski definition) is 0. The Labute approximate surface area is 158 Å². The first kappa shape index (κ1) is 16.7. The van der Waals surface area contributed by atoms with E-state index in [1.807, 2.05) is 48.0 Å². The van der Waals surface area contributed by atoms with Crippen LogP contribution in [-0.4, -0.2) is 9.55 Å². The summed E-state index contributed by atoms with van der Waals surface area (Å²) in [6.07, 6.45) is 0.676. The smallest absolute Gasteiger partial charge is 0.263 e. The van der Waals surface area contributed by atoms with Crippen LogP contribution in [0.5, 0.6) is 0 Å². The summed E-state index contributed by atoms with van der Waals surface area (Å²) in [4.78, 5) is 19.9. The molecule has 0 aliphatic carbocycles. The number of nitrogens with zero attached hydrogens (tertiary/aromatic N) is 3. The van der Waals surface area contributed by atoms with Crippen molar-refractivity contribution in [3.05, 3.63) is 74.5 Å². The minimum Gasteiger partial charge on any atom is -0.292 e. The second-order valence-corrected chi connectivity index (χ2v) is 7.70. The normalized spacial score (nSPS) is 10.9. The monoisotopic (exact) mass is 377 g/mol. The fourth-order valence-corrected chi connectivity index (χ4v) is 4.81. The molecule has 4 rings (SSSR count). The van der Waals surface area contributed by atoms with Gasteiger partial charge >= 0.3 is 0 Å². The topological polar surface area (TPSA) is 58.7 Å². The van der Waals surface area contributed by atoms with E-state index < -0.39 is 0 Å². The molecule has 0 N–H and O–H groups in total. The molecule has 0 aliphatic rings. The molecule has 0 amide bonds. The molecule has 0 saturated carbocycles. The first-order chi connectivity index (χ1) is 12.7. The molecule has 0 radical (unpaired) electrons. The van der Waals surface area contributed by atoms with Crippen LogP contribution in [0.1, 0.15) is 23.9 Å². The number of benzene rings is 1. The van der Waals surface area contributed by atoms with Crippen molar-refractivity contribution in [1.29, 1.82) is 5.26 Å². The summed E-state index contributed by atoms with van der Waals surface area (Å²) < 4.78 is 1.74. The molecule has 3 aromatic heterocycles. The lowest BCUT2D eigenvalue weighted by Crippen LogP contribution is -2.25. The Bertz CT molecular complexity index is 1180. The number of fused-ring (bicyclic) bond motifs is 1. The van der Waals surface area contributed by atoms with Gasteiger partial charge in [-0.3, -0.25) is 9.36 Å². The molecule has 26 heavy (non-hydrogen) atoms. The fraction of sp³-hybridized carbons (Fsp3) is 0.150. The highest BCUT2D eigenvalue weighted by Gasteiger charge is 2.17. The minimum atomic E-state index is -0.0149. The van der Waals surface area contributed by atoms with Crippen molar-refractivity contribution in [1.82, 2.24) is 9.55 Å². The lowest BCUT2D eigenvalue weighted by Gasteiger charge is -2.12. The average Bonchev–Trinajstić information content (AvgIpc) is 3.33. The van der Waals surface area contributed by atoms with Crippen molar-refractivity contribution in [2.45, 2.75) is 19.9 Å². The first-order valence-electron chi connectivity index (χ1n) is 8.25. The van der Waals surface area contributed by atoms with Crippen molar-refractivity contribution >= 4 is 32.9 Å². The largest absolute Gasteiger partial charge is 0.292 e. The number of nitriles is 1. The van der Waals surface area contributed by atoms with Crippen molar-refractivity contribution in [3.8, 4) is 16.5 Å². The van der Waals surface area contributed by atoms with Crippen LogP contribution in [0.4, 0.5) is 0 Å². The van der Waals surface area contributed by atoms with Crippen LogP contribution in [0.15, 0.2) is 52.0 Å². The Hall–Kier alpha value is -2.75. The maximum atomic E-state index is 13.3. The van der Waals surface area contributed by atoms with E-state index in [0.29, 0.717) is 23.9 Å². The van der Waals surface area contributed by atoms with Gasteiger partial charge in [0, 0.05) is 22.2 Å². The van der Waals surface area contributed by atoms with E-state index in [2.05, 4.69) is 6.07 Å². The maximum Gasteiger partial charge on any atom is 0.263 e. The van der Waals surface area contributed by atoms with Gasteiger partial charge in [0.1, 0.15) is 10.7 Å². The van der Waals surface area contributed by atoms with Gasteiger partial charge in [-0.2, -0.15) is 5.26 Å². The number of hydrogen-bond acceptors (Lipinski definition) is 5. The predicted molar refractivity (Wildman–Crippen MR) is 107 cm³/mol. The predicted octanol–water partition coefficient (Wildman–Crippen LogP) is 4.67. The lowest BCUT2D eigenvalue weighted by molar-refractivity contribution is 0.687. The molecule has 6 heteroatoms. The zero-order valence-electron chi connectivity index (χ0n) is 14.1. The van der Waals surface area contributed by atoms with Crippen LogP contribution in [-0.2, 0) is 13.0 Å². The molecule has 0 fully saturated rings. The third kappa shape index (κ3) is 2.85. The second kappa shape index (κ2) is 6.87. The van der Waals surface area contributed by atoms with Crippen LogP contribution in [0.2, 0.25) is 0 Å². The highest BCUT2D eigenvalue weighted by Crippen LogP contribution is 2.33. The molecule has 0 spiro atoms. The molecule has 0 unspecified atom stereocenters. The number of aryl methyl sites for hydroxylation is 1. The van der Waals surface area contributed by atoms with E-state index in [1.165, 1.54) is 11.3 Å². The summed E-state index contributed by atoms with van der Waals surface area (Å²) in [7, 11) is 0. The highest BCUT2D eigenvalue weighted by atomic mass is 32.1. The standard InChI is InChI=1S/C20H15N3OS2/c1-2-17-22-19-18(15(12-26-19)16-7-4-8-25-16)20(24)23(17)11-14-6-3-5-13(9-14)10-21/h3-9,12H,2,11H2,1H3. The molecular formula is C20H15N3OS2. The van der Waals surface area contributed by atoms with Crippen LogP contribution < -0.4 is 5.56 Å². The molecular weight excluding hydrogens is 362 g/mol. The van der Waals surface area contributed by atoms with Gasteiger partial charge in [-0.15, -0.1) is 22.7 Å². The van der Waals surface area contributed by atoms with Gasteiger partial charge in [-0.25, -0.2) is 4.98 Å². The van der Waals surface area contributed by atoms with E-state index in [9.17, 15) is 4.79 Å². The van der Waals surface area contributed by atoms with Crippen LogP contribution >= 0.6 is 22.7 Å². The maximum absolute atomic E-state index is 13.3. The van der Waals surface area contributed by atoms with Gasteiger partial charge in [0.05, 0.1) is 23.6 Å². The zero-order valence-corrected chi connectivity index (χ0v) is 15.7. The molecule has 4 nitrogen and oxygen atoms in total. The van der Waals surface area contributed by atoms with Crippen molar-refractivity contribution in [2.24, 2.45) is 0 Å². The summed E-state index contributed by atoms with van der Waals surface area (Å²) in [6, 6.07) is 13.5. The summed E-state index contributed by atoms with van der Waals surface area (Å²) in [5.74, 6) is 0.768. The van der Waals surface area contributed by atoms with E-state index in [-0.39, 0.29) is 5.56 Å². The van der Waals surface area contributed by atoms with E-state index >= 15 is 0 Å². The number of thiophene rings is 2. The van der Waals surface area contributed by atoms with Gasteiger partial charge < -0.3 is 0 Å². The first-order valence-corrected chi connectivity index (χ1v) is 10.0. The van der Waals surface area contributed by atoms with Gasteiger partial charge in [-0.1, -0.05) is 25.1 Å². The Morgan fingerprint density at radius 2 is 2.12 bits per heavy atom. The van der Waals surface area contributed by atoms with Crippen molar-refractivity contribution < 1.29 is 0 Å². The third-order valence-corrected chi connectivity index (χ3v) is 6.05. The average molecular weight is 377 g/mol. The molecule has 3 heterocycles. The van der Waals surface area contributed by atoms with Gasteiger partial charge in [0.15, 0.2) is 0 Å². The summed E-state index contributed by atoms with van der Waals surface area (Å²) >= 11 is 3.14. The summed E-state index contributed by atoms with van der Waals surface area (Å²) in [5.41, 5.74) is 2.46. The van der Waals surface area contributed by atoms with E-state index in [4.69, 9.17) is 10.2 Å². The fourth-order valence-electron chi connectivity index (χ4n) is 3.03. The Balaban J connectivity index is 1.90. The molecule has 0 bridgehead atoms. The molecule has 128 valence electrons. The summed E-state index contributed by atoms with van der Waals surface area (Å²) in [5, 5.41) is 13.8. The zero-order chi connectivity index (χ0) is 18.1. The SMILES string of the molecule is CCc1nc2scc(-c3cccs3)c2c(=O)n1Cc1cccc(C#N)c1. The second-order valence-electron chi connectivity index (χ2n) is 5.89. The van der Waals surface area contributed by atoms with Crippen LogP contribution in [0.25, 0.3) is 20.7 Å².